The van der Waals surface area contributed by atoms with Crippen LogP contribution >= 0.6 is 15.9 Å². The number of allylic oxidation sites excluding steroid dienone is 1. The molecule has 0 saturated carbocycles. The van der Waals surface area contributed by atoms with Gasteiger partial charge in [-0.1, -0.05) is 36.1 Å². The largest absolute Gasteiger partial charge is 0.235 e. The molecule has 160 valence electrons. The fraction of sp³-hybridized carbons (Fsp3) is 0.0870. The molecule has 0 fully saturated rings. The van der Waals surface area contributed by atoms with Crippen molar-refractivity contribution in [1.82, 2.24) is 15.0 Å². The topological polar surface area (TPSA) is 66.1 Å². The van der Waals surface area contributed by atoms with Crippen LogP contribution in [0.5, 0.6) is 0 Å². The van der Waals surface area contributed by atoms with Gasteiger partial charge in [0, 0.05) is 29.6 Å². The summed E-state index contributed by atoms with van der Waals surface area (Å²) in [6.45, 7) is 5.98. The van der Waals surface area contributed by atoms with E-state index >= 15 is 0 Å². The van der Waals surface area contributed by atoms with Crippen LogP contribution in [0.1, 0.15) is 18.1 Å². The highest BCUT2D eigenvalue weighted by atomic mass is 79.9. The Labute approximate surface area is 191 Å². The molecule has 0 bridgehead atoms. The summed E-state index contributed by atoms with van der Waals surface area (Å²) in [6, 6.07) is 11.0. The van der Waals surface area contributed by atoms with Gasteiger partial charge in [0.25, 0.3) is 0 Å². The second-order valence-corrected chi connectivity index (χ2v) is 7.80. The van der Waals surface area contributed by atoms with Crippen molar-refractivity contribution in [2.75, 3.05) is 0 Å². The first kappa shape index (κ1) is 21.6. The molecule has 0 atom stereocenters. The van der Waals surface area contributed by atoms with Gasteiger partial charge in [-0.15, -0.1) is 5.11 Å². The highest BCUT2D eigenvalue weighted by Crippen LogP contribution is 2.25. The Morgan fingerprint density at radius 1 is 1.12 bits per heavy atom. The Morgan fingerprint density at radius 2 is 1.84 bits per heavy atom. The van der Waals surface area contributed by atoms with Crippen LogP contribution in [0.2, 0.25) is 0 Å². The maximum absolute atomic E-state index is 13.7. The quantitative estimate of drug-likeness (QED) is 0.415. The minimum Gasteiger partial charge on any atom is -0.235 e. The number of nitrogens with zero attached hydrogens (tertiary/aromatic N) is 6. The molecule has 2 heterocycles. The van der Waals surface area contributed by atoms with Gasteiger partial charge in [-0.25, -0.2) is 28.8 Å². The van der Waals surface area contributed by atoms with Gasteiger partial charge in [0.15, 0.2) is 11.7 Å². The summed E-state index contributed by atoms with van der Waals surface area (Å²) < 4.78 is 28.2. The molecule has 0 unspecified atom stereocenters. The smallest absolute Gasteiger partial charge is 0.178 e. The van der Waals surface area contributed by atoms with Gasteiger partial charge in [0.05, 0.1) is 16.7 Å². The summed E-state index contributed by atoms with van der Waals surface area (Å²) in [6.07, 6.45) is 5.04. The van der Waals surface area contributed by atoms with Crippen LogP contribution in [-0.2, 0) is 6.54 Å². The van der Waals surface area contributed by atoms with Crippen molar-refractivity contribution in [2.45, 2.75) is 13.5 Å². The second-order valence-electron chi connectivity index (χ2n) is 6.89. The Balaban J connectivity index is 1.61. The van der Waals surface area contributed by atoms with Crippen LogP contribution < -0.4 is 0 Å². The minimum atomic E-state index is -0.678. The molecular weight excluding hydrogens is 478 g/mol. The lowest BCUT2D eigenvalue weighted by Gasteiger charge is -2.15. The third kappa shape index (κ3) is 4.83. The van der Waals surface area contributed by atoms with Gasteiger partial charge in [-0.05, 0) is 46.6 Å². The molecule has 1 aromatic heterocycles. The minimum absolute atomic E-state index is 0.312. The number of rotatable bonds is 5. The molecule has 0 saturated heterocycles. The Hall–Kier alpha value is -3.59. The van der Waals surface area contributed by atoms with Crippen LogP contribution in [0.3, 0.4) is 0 Å². The highest BCUT2D eigenvalue weighted by Gasteiger charge is 2.22. The second kappa shape index (κ2) is 9.27. The standard InChI is InChI=1S/C23H17BrF2N6/c1-3-21(17-8-19(25)10-20(26)9-17)29-23-14(2)30-31-32(23)13-15-5-4-6-16(7-15)22-27-11-18(24)12-28-22/h3-12H,2,13H2,1H3/b21-3-,29-23+. The van der Waals surface area contributed by atoms with Crippen molar-refractivity contribution < 1.29 is 8.78 Å². The van der Waals surface area contributed by atoms with Gasteiger partial charge in [0.2, 0.25) is 0 Å². The molecule has 1 aliphatic rings. The zero-order valence-corrected chi connectivity index (χ0v) is 18.6. The number of halogens is 3. The molecule has 0 radical (unpaired) electrons. The van der Waals surface area contributed by atoms with Gasteiger partial charge < -0.3 is 0 Å². The van der Waals surface area contributed by atoms with E-state index in [0.717, 1.165) is 21.7 Å². The van der Waals surface area contributed by atoms with Crippen molar-refractivity contribution >= 4 is 27.5 Å². The molecule has 0 aliphatic carbocycles. The number of aromatic nitrogens is 2. The predicted octanol–water partition coefficient (Wildman–Crippen LogP) is 6.34. The highest BCUT2D eigenvalue weighted by molar-refractivity contribution is 9.10. The van der Waals surface area contributed by atoms with E-state index in [2.05, 4.69) is 47.8 Å². The molecule has 0 N–H and O–H groups in total. The summed E-state index contributed by atoms with van der Waals surface area (Å²) >= 11 is 3.33. The van der Waals surface area contributed by atoms with Gasteiger partial charge >= 0.3 is 0 Å². The zero-order chi connectivity index (χ0) is 22.7. The van der Waals surface area contributed by atoms with E-state index in [-0.39, 0.29) is 0 Å². The molecule has 3 aromatic rings. The van der Waals surface area contributed by atoms with E-state index in [4.69, 9.17) is 0 Å². The lowest BCUT2D eigenvalue weighted by molar-refractivity contribution is 0.433. The lowest BCUT2D eigenvalue weighted by Crippen LogP contribution is -2.22. The average Bonchev–Trinajstić information content (AvgIpc) is 3.11. The van der Waals surface area contributed by atoms with Crippen molar-refractivity contribution in [3.63, 3.8) is 0 Å². The molecular formula is C23H17BrF2N6. The maximum Gasteiger partial charge on any atom is 0.178 e. The summed E-state index contributed by atoms with van der Waals surface area (Å²) in [4.78, 5) is 13.2. The van der Waals surface area contributed by atoms with Crippen LogP contribution in [0.25, 0.3) is 17.1 Å². The number of amidine groups is 1. The third-order valence-corrected chi connectivity index (χ3v) is 4.98. The fourth-order valence-corrected chi connectivity index (χ4v) is 3.33. The normalized spacial score (nSPS) is 15.1. The number of hydrogen-bond donors (Lipinski definition) is 0. The Kier molecular flexibility index (Phi) is 6.27. The molecule has 32 heavy (non-hydrogen) atoms. The van der Waals surface area contributed by atoms with Gasteiger partial charge in [-0.2, -0.15) is 0 Å². The van der Waals surface area contributed by atoms with E-state index in [1.54, 1.807) is 30.4 Å². The summed E-state index contributed by atoms with van der Waals surface area (Å²) in [5, 5.41) is 9.75. The predicted molar refractivity (Wildman–Crippen MR) is 122 cm³/mol. The molecule has 0 spiro atoms. The first-order valence-electron chi connectivity index (χ1n) is 9.60. The Morgan fingerprint density at radius 3 is 2.53 bits per heavy atom. The van der Waals surface area contributed by atoms with E-state index in [9.17, 15) is 8.78 Å². The van der Waals surface area contributed by atoms with Crippen molar-refractivity contribution in [2.24, 2.45) is 15.3 Å². The van der Waals surface area contributed by atoms with Crippen molar-refractivity contribution in [3.05, 3.63) is 100 Å². The summed E-state index contributed by atoms with van der Waals surface area (Å²) in [5.74, 6) is -0.361. The van der Waals surface area contributed by atoms with Crippen LogP contribution in [-0.4, -0.2) is 20.8 Å². The summed E-state index contributed by atoms with van der Waals surface area (Å²) in [5.41, 5.74) is 2.83. The van der Waals surface area contributed by atoms with Crippen LogP contribution in [0, 0.1) is 11.6 Å². The van der Waals surface area contributed by atoms with Gasteiger partial charge in [0.1, 0.15) is 17.3 Å². The first-order valence-corrected chi connectivity index (χ1v) is 10.4. The zero-order valence-electron chi connectivity index (χ0n) is 17.0. The number of aliphatic imine (C=N–C) groups is 1. The number of benzene rings is 2. The fourth-order valence-electron chi connectivity index (χ4n) is 3.13. The molecule has 1 aliphatic heterocycles. The lowest BCUT2D eigenvalue weighted by atomic mass is 10.1. The third-order valence-electron chi connectivity index (χ3n) is 4.57. The molecule has 2 aromatic carbocycles. The molecule has 9 heteroatoms. The Bertz CT molecular complexity index is 1250. The SMILES string of the molecule is C=C1N=NN(Cc2cccc(-c3ncc(Br)cn3)c2)/C1=N/C(=C\C)c1cc(F)cc(F)c1. The van der Waals surface area contributed by atoms with E-state index < -0.39 is 11.6 Å². The van der Waals surface area contributed by atoms with Crippen LogP contribution in [0.4, 0.5) is 8.78 Å². The summed E-state index contributed by atoms with van der Waals surface area (Å²) in [7, 11) is 0. The van der Waals surface area contributed by atoms with Gasteiger partial charge in [-0.3, -0.25) is 0 Å². The monoisotopic (exact) mass is 494 g/mol. The molecule has 4 rings (SSSR count). The van der Waals surface area contributed by atoms with E-state index in [1.807, 2.05) is 24.3 Å². The number of hydrogen-bond acceptors (Lipinski definition) is 5. The average molecular weight is 495 g/mol. The first-order chi connectivity index (χ1) is 15.4. The maximum atomic E-state index is 13.7. The van der Waals surface area contributed by atoms with Crippen molar-refractivity contribution in [3.8, 4) is 11.4 Å². The van der Waals surface area contributed by atoms with Crippen LogP contribution in [0.15, 0.2) is 93.0 Å². The molecule has 6 nitrogen and oxygen atoms in total. The molecule has 0 amide bonds. The van der Waals surface area contributed by atoms with Crippen molar-refractivity contribution in [1.29, 1.82) is 0 Å². The van der Waals surface area contributed by atoms with E-state index in [1.165, 1.54) is 12.1 Å². The van der Waals surface area contributed by atoms with E-state index in [0.29, 0.717) is 35.2 Å².